The first-order valence-electron chi connectivity index (χ1n) is 11.9. The third-order valence-electron chi connectivity index (χ3n) is 6.27. The van der Waals surface area contributed by atoms with Crippen LogP contribution in [0.3, 0.4) is 0 Å². The maximum absolute atomic E-state index is 14.0. The molecule has 0 radical (unpaired) electrons. The minimum Gasteiger partial charge on any atom is -0.497 e. The number of carbonyl (C=O) groups is 2. The van der Waals surface area contributed by atoms with Crippen LogP contribution >= 0.6 is 0 Å². The molecule has 0 fully saturated rings. The first kappa shape index (κ1) is 24.9. The predicted octanol–water partition coefficient (Wildman–Crippen LogP) is 4.52. The summed E-state index contributed by atoms with van der Waals surface area (Å²) in [5, 5.41) is 11.5. The van der Waals surface area contributed by atoms with Crippen LogP contribution in [0.1, 0.15) is 38.8 Å². The van der Waals surface area contributed by atoms with Crippen molar-refractivity contribution in [2.75, 3.05) is 12.0 Å². The highest BCUT2D eigenvalue weighted by Gasteiger charge is 2.35. The van der Waals surface area contributed by atoms with Gasteiger partial charge in [0.15, 0.2) is 0 Å². The third kappa shape index (κ3) is 5.38. The van der Waals surface area contributed by atoms with Crippen LogP contribution in [0, 0.1) is 0 Å². The average molecular weight is 486 g/mol. The van der Waals surface area contributed by atoms with Crippen LogP contribution in [-0.2, 0) is 16.1 Å². The quantitative estimate of drug-likeness (QED) is 0.377. The molecule has 8 nitrogen and oxygen atoms in total. The van der Waals surface area contributed by atoms with Gasteiger partial charge in [0.05, 0.1) is 12.6 Å². The molecule has 1 aromatic heterocycles. The van der Waals surface area contributed by atoms with E-state index in [0.717, 1.165) is 11.9 Å². The molecule has 2 amide bonds. The molecule has 4 rings (SSSR count). The number of benzene rings is 3. The highest BCUT2D eigenvalue weighted by atomic mass is 16.5. The van der Waals surface area contributed by atoms with Gasteiger partial charge >= 0.3 is 0 Å². The number of hydrogen-bond donors (Lipinski definition) is 1. The largest absolute Gasteiger partial charge is 0.497 e. The van der Waals surface area contributed by atoms with E-state index in [-0.39, 0.29) is 18.4 Å². The normalized spacial score (nSPS) is 12.2. The molecule has 1 atom stereocenters. The fourth-order valence-electron chi connectivity index (χ4n) is 3.98. The van der Waals surface area contributed by atoms with Gasteiger partial charge in [-0.1, -0.05) is 60.7 Å². The molecule has 186 valence electrons. The third-order valence-corrected chi connectivity index (χ3v) is 6.27. The van der Waals surface area contributed by atoms with Gasteiger partial charge in [-0.2, -0.15) is 0 Å². The number of nitrogens with one attached hydrogen (secondary N) is 1. The Morgan fingerprint density at radius 3 is 2.47 bits per heavy atom. The molecule has 36 heavy (non-hydrogen) atoms. The topological polar surface area (TPSA) is 89.4 Å². The molecule has 0 bridgehead atoms. The molecule has 0 saturated carbocycles. The van der Waals surface area contributed by atoms with E-state index in [4.69, 9.17) is 4.74 Å². The lowest BCUT2D eigenvalue weighted by Crippen LogP contribution is -2.51. The number of amides is 2. The van der Waals surface area contributed by atoms with Gasteiger partial charge < -0.3 is 10.1 Å². The Bertz CT molecular complexity index is 1350. The number of aromatic nitrogens is 3. The van der Waals surface area contributed by atoms with Crippen LogP contribution in [0.25, 0.3) is 11.0 Å². The first-order chi connectivity index (χ1) is 17.3. The van der Waals surface area contributed by atoms with Crippen molar-refractivity contribution in [1.29, 1.82) is 0 Å². The first-order valence-corrected chi connectivity index (χ1v) is 11.9. The van der Waals surface area contributed by atoms with E-state index in [0.29, 0.717) is 22.5 Å². The highest BCUT2D eigenvalue weighted by molar-refractivity contribution is 6.01. The molecule has 8 heteroatoms. The van der Waals surface area contributed by atoms with Gasteiger partial charge in [-0.25, -0.2) is 4.68 Å². The van der Waals surface area contributed by atoms with E-state index in [1.165, 1.54) is 4.90 Å². The molecule has 0 unspecified atom stereocenters. The zero-order valence-corrected chi connectivity index (χ0v) is 21.0. The summed E-state index contributed by atoms with van der Waals surface area (Å²) in [7, 11) is 1.57. The van der Waals surface area contributed by atoms with Gasteiger partial charge in [0.1, 0.15) is 23.9 Å². The maximum Gasteiger partial charge on any atom is 0.249 e. The molecule has 0 aliphatic heterocycles. The van der Waals surface area contributed by atoms with Crippen LogP contribution in [0.2, 0.25) is 0 Å². The molecular weight excluding hydrogens is 454 g/mol. The fraction of sp³-hybridized carbons (Fsp3) is 0.286. The van der Waals surface area contributed by atoms with Crippen LogP contribution in [0.4, 0.5) is 5.69 Å². The van der Waals surface area contributed by atoms with Crippen LogP contribution < -0.4 is 15.0 Å². The predicted molar refractivity (Wildman–Crippen MR) is 140 cm³/mol. The van der Waals surface area contributed by atoms with Crippen LogP contribution in [-0.4, -0.2) is 39.5 Å². The van der Waals surface area contributed by atoms with Gasteiger partial charge in [0, 0.05) is 17.3 Å². The van der Waals surface area contributed by atoms with E-state index in [1.54, 1.807) is 36.1 Å². The van der Waals surface area contributed by atoms with Crippen molar-refractivity contribution in [3.05, 3.63) is 84.4 Å². The van der Waals surface area contributed by atoms with Crippen molar-refractivity contribution in [3.63, 3.8) is 0 Å². The van der Waals surface area contributed by atoms with Gasteiger partial charge in [-0.15, -0.1) is 5.10 Å². The van der Waals surface area contributed by atoms with Gasteiger partial charge in [0.25, 0.3) is 0 Å². The van der Waals surface area contributed by atoms with Crippen LogP contribution in [0.15, 0.2) is 78.9 Å². The highest BCUT2D eigenvalue weighted by Crippen LogP contribution is 2.31. The van der Waals surface area contributed by atoms with E-state index in [9.17, 15) is 9.59 Å². The minimum atomic E-state index is -0.911. The van der Waals surface area contributed by atoms with Crippen molar-refractivity contribution in [1.82, 2.24) is 20.3 Å². The van der Waals surface area contributed by atoms with Gasteiger partial charge in [-0.05, 0) is 50.1 Å². The summed E-state index contributed by atoms with van der Waals surface area (Å²) in [5.74, 6) is 0.00231. The van der Waals surface area contributed by atoms with Crippen LogP contribution in [0.5, 0.6) is 5.75 Å². The summed E-state index contributed by atoms with van der Waals surface area (Å²) >= 11 is 0. The average Bonchev–Trinajstić information content (AvgIpc) is 3.30. The molecule has 1 N–H and O–H groups in total. The number of ether oxygens (including phenoxy) is 1. The molecule has 0 spiro atoms. The Morgan fingerprint density at radius 1 is 1.03 bits per heavy atom. The SMILES string of the molecule is CCC(C)(C)NC(=O)[C@H](c1ccccc1)N(C(=O)Cn1nnc2ccccc21)c1cccc(OC)c1. The Kier molecular flexibility index (Phi) is 7.33. The van der Waals surface area contributed by atoms with E-state index in [1.807, 2.05) is 75.4 Å². The number of rotatable bonds is 9. The lowest BCUT2D eigenvalue weighted by atomic mass is 9.98. The molecule has 0 aliphatic rings. The summed E-state index contributed by atoms with van der Waals surface area (Å²) in [4.78, 5) is 29.4. The van der Waals surface area contributed by atoms with E-state index >= 15 is 0 Å². The molecule has 4 aromatic rings. The Labute approximate surface area is 210 Å². The summed E-state index contributed by atoms with van der Waals surface area (Å²) in [6.45, 7) is 5.85. The second kappa shape index (κ2) is 10.6. The molecule has 0 aliphatic carbocycles. The summed E-state index contributed by atoms with van der Waals surface area (Å²) in [6, 6.07) is 23.0. The monoisotopic (exact) mass is 485 g/mol. The zero-order chi connectivity index (χ0) is 25.7. The fourth-order valence-corrected chi connectivity index (χ4v) is 3.98. The number of nitrogens with zero attached hydrogens (tertiary/aromatic N) is 4. The number of anilines is 1. The smallest absolute Gasteiger partial charge is 0.249 e. The Morgan fingerprint density at radius 2 is 1.75 bits per heavy atom. The molecule has 3 aromatic carbocycles. The maximum atomic E-state index is 14.0. The van der Waals surface area contributed by atoms with Crippen molar-refractivity contribution in [2.24, 2.45) is 0 Å². The number of fused-ring (bicyclic) bond motifs is 1. The van der Waals surface area contributed by atoms with Crippen molar-refractivity contribution in [3.8, 4) is 5.75 Å². The van der Waals surface area contributed by atoms with Gasteiger partial charge in [0.2, 0.25) is 11.8 Å². The second-order valence-corrected chi connectivity index (χ2v) is 9.24. The van der Waals surface area contributed by atoms with Crippen molar-refractivity contribution in [2.45, 2.75) is 45.3 Å². The standard InChI is InChI=1S/C28H31N5O3/c1-5-28(2,3)29-27(35)26(20-12-7-6-8-13-20)33(21-14-11-15-22(18-21)36-4)25(34)19-32-24-17-10-9-16-23(24)30-31-32/h6-18,26H,5,19H2,1-4H3,(H,29,35)/t26-/m0/s1. The molecular formula is C28H31N5O3. The zero-order valence-electron chi connectivity index (χ0n) is 21.0. The van der Waals surface area contributed by atoms with Crippen molar-refractivity contribution >= 4 is 28.5 Å². The lowest BCUT2D eigenvalue weighted by molar-refractivity contribution is -0.128. The number of hydrogen-bond acceptors (Lipinski definition) is 5. The number of methoxy groups -OCH3 is 1. The number of carbonyl (C=O) groups excluding carboxylic acids is 2. The number of para-hydroxylation sites is 1. The molecule has 0 saturated heterocycles. The lowest BCUT2D eigenvalue weighted by Gasteiger charge is -2.34. The minimum absolute atomic E-state index is 0.0918. The van der Waals surface area contributed by atoms with Gasteiger partial charge in [-0.3, -0.25) is 14.5 Å². The summed E-state index contributed by atoms with van der Waals surface area (Å²) < 4.78 is 6.98. The van der Waals surface area contributed by atoms with E-state index in [2.05, 4.69) is 15.6 Å². The second-order valence-electron chi connectivity index (χ2n) is 9.24. The summed E-state index contributed by atoms with van der Waals surface area (Å²) in [5.41, 5.74) is 2.23. The summed E-state index contributed by atoms with van der Waals surface area (Å²) in [6.07, 6.45) is 0.734. The van der Waals surface area contributed by atoms with Crippen molar-refractivity contribution < 1.29 is 14.3 Å². The Hall–Kier alpha value is -4.20. The molecule has 1 heterocycles. The van der Waals surface area contributed by atoms with E-state index < -0.39 is 11.6 Å². The Balaban J connectivity index is 1.82.